The molecule has 0 amide bonds. The van der Waals surface area contributed by atoms with Crippen LogP contribution in [0, 0.1) is 0 Å². The van der Waals surface area contributed by atoms with Crippen LogP contribution in [-0.4, -0.2) is 21.4 Å². The number of nitrogens with one attached hydrogen (secondary N) is 1. The van der Waals surface area contributed by atoms with Crippen molar-refractivity contribution in [3.63, 3.8) is 0 Å². The van der Waals surface area contributed by atoms with Gasteiger partial charge in [-0.1, -0.05) is 19.8 Å². The Balaban J connectivity index is 1.63. The Bertz CT molecular complexity index is 911. The summed E-state index contributed by atoms with van der Waals surface area (Å²) in [5.41, 5.74) is -0.0427. The van der Waals surface area contributed by atoms with Crippen molar-refractivity contribution >= 4 is 21.6 Å². The topological polar surface area (TPSA) is 62.1 Å². The van der Waals surface area contributed by atoms with Gasteiger partial charge in [-0.2, -0.15) is 0 Å². The number of fused-ring (bicyclic) bond motifs is 1. The molecule has 0 aliphatic carbocycles. The molecule has 3 aromatic heterocycles. The largest absolute Gasteiger partial charge is 0.464 e. The zero-order valence-electron chi connectivity index (χ0n) is 14.5. The fourth-order valence-corrected chi connectivity index (χ4v) is 4.40. The van der Waals surface area contributed by atoms with Crippen LogP contribution in [0.5, 0.6) is 0 Å². The molecule has 1 aliphatic heterocycles. The molecule has 0 saturated carbocycles. The summed E-state index contributed by atoms with van der Waals surface area (Å²) in [6, 6.07) is 6.28. The van der Waals surface area contributed by atoms with E-state index in [4.69, 9.17) is 4.42 Å². The summed E-state index contributed by atoms with van der Waals surface area (Å²) in [6.07, 6.45) is 5.61. The maximum absolute atomic E-state index is 12.2. The lowest BCUT2D eigenvalue weighted by Gasteiger charge is -2.27. The zero-order chi connectivity index (χ0) is 17.2. The van der Waals surface area contributed by atoms with Gasteiger partial charge in [0, 0.05) is 6.42 Å². The van der Waals surface area contributed by atoms with Crippen molar-refractivity contribution in [3.05, 3.63) is 51.3 Å². The second kappa shape index (κ2) is 7.14. The van der Waals surface area contributed by atoms with Gasteiger partial charge in [0.25, 0.3) is 5.56 Å². The van der Waals surface area contributed by atoms with Gasteiger partial charge in [0.15, 0.2) is 0 Å². The van der Waals surface area contributed by atoms with Crippen molar-refractivity contribution in [2.45, 2.75) is 51.6 Å². The van der Waals surface area contributed by atoms with Crippen LogP contribution in [0.15, 0.2) is 32.8 Å². The molecule has 1 unspecified atom stereocenters. The zero-order valence-corrected chi connectivity index (χ0v) is 15.3. The number of aromatic nitrogens is 2. The molecule has 0 aromatic carbocycles. The van der Waals surface area contributed by atoms with Crippen LogP contribution in [0.4, 0.5) is 0 Å². The van der Waals surface area contributed by atoms with Crippen LogP contribution >= 0.6 is 11.3 Å². The van der Waals surface area contributed by atoms with E-state index in [0.717, 1.165) is 41.6 Å². The molecule has 132 valence electrons. The molecule has 1 fully saturated rings. The van der Waals surface area contributed by atoms with Gasteiger partial charge < -0.3 is 9.40 Å². The minimum atomic E-state index is -0.0427. The van der Waals surface area contributed by atoms with Crippen LogP contribution in [0.1, 0.15) is 56.0 Å². The lowest BCUT2D eigenvalue weighted by molar-refractivity contribution is 0.164. The van der Waals surface area contributed by atoms with Crippen molar-refractivity contribution < 1.29 is 4.42 Å². The van der Waals surface area contributed by atoms with E-state index in [-0.39, 0.29) is 11.6 Å². The summed E-state index contributed by atoms with van der Waals surface area (Å²) < 4.78 is 6.05. The average molecular weight is 357 g/mol. The van der Waals surface area contributed by atoms with Crippen LogP contribution in [0.3, 0.4) is 0 Å². The number of aromatic amines is 1. The summed E-state index contributed by atoms with van der Waals surface area (Å²) in [6.45, 7) is 3.76. The Kier molecular flexibility index (Phi) is 4.72. The van der Waals surface area contributed by atoms with Gasteiger partial charge in [0.2, 0.25) is 0 Å². The average Bonchev–Trinajstić information content (AvgIpc) is 3.21. The molecule has 0 bridgehead atoms. The van der Waals surface area contributed by atoms with Gasteiger partial charge in [-0.15, -0.1) is 11.3 Å². The van der Waals surface area contributed by atoms with E-state index in [0.29, 0.717) is 11.9 Å². The second-order valence-corrected chi connectivity index (χ2v) is 7.54. The van der Waals surface area contributed by atoms with E-state index in [1.807, 2.05) is 11.4 Å². The number of hydrogen-bond donors (Lipinski definition) is 1. The first-order valence-corrected chi connectivity index (χ1v) is 9.91. The lowest BCUT2D eigenvalue weighted by Crippen LogP contribution is -2.29. The van der Waals surface area contributed by atoms with Gasteiger partial charge in [0.1, 0.15) is 22.2 Å². The van der Waals surface area contributed by atoms with Crippen molar-refractivity contribution in [1.82, 2.24) is 14.9 Å². The summed E-state index contributed by atoms with van der Waals surface area (Å²) in [5, 5.41) is 2.60. The molecule has 25 heavy (non-hydrogen) atoms. The molecule has 1 saturated heterocycles. The van der Waals surface area contributed by atoms with Crippen molar-refractivity contribution in [2.75, 3.05) is 6.54 Å². The predicted octanol–water partition coefficient (Wildman–Crippen LogP) is 4.26. The number of aryl methyl sites for hydroxylation is 1. The van der Waals surface area contributed by atoms with E-state index < -0.39 is 0 Å². The SMILES string of the molecule is CCc1ccc(C2CCCCCN2Cc2nc3sccc3c(=O)[nH]2)o1. The van der Waals surface area contributed by atoms with Crippen molar-refractivity contribution in [3.8, 4) is 0 Å². The first kappa shape index (κ1) is 16.5. The number of rotatable bonds is 4. The molecule has 5 nitrogen and oxygen atoms in total. The van der Waals surface area contributed by atoms with Gasteiger partial charge in [-0.3, -0.25) is 9.69 Å². The van der Waals surface area contributed by atoms with Crippen LogP contribution in [0.25, 0.3) is 10.2 Å². The Morgan fingerprint density at radius 3 is 3.08 bits per heavy atom. The Morgan fingerprint density at radius 1 is 1.32 bits per heavy atom. The maximum atomic E-state index is 12.2. The number of thiophene rings is 1. The Labute approximate surface area is 150 Å². The fourth-order valence-electron chi connectivity index (χ4n) is 3.62. The molecule has 1 aliphatic rings. The molecular formula is C19H23N3O2S. The first-order valence-electron chi connectivity index (χ1n) is 9.03. The first-order chi connectivity index (χ1) is 12.2. The molecule has 1 N–H and O–H groups in total. The quantitative estimate of drug-likeness (QED) is 0.758. The van der Waals surface area contributed by atoms with Crippen LogP contribution in [-0.2, 0) is 13.0 Å². The Morgan fingerprint density at radius 2 is 2.24 bits per heavy atom. The number of hydrogen-bond acceptors (Lipinski definition) is 5. The smallest absolute Gasteiger partial charge is 0.259 e. The highest BCUT2D eigenvalue weighted by atomic mass is 32.1. The number of nitrogens with zero attached hydrogens (tertiary/aromatic N) is 2. The van der Waals surface area contributed by atoms with E-state index >= 15 is 0 Å². The van der Waals surface area contributed by atoms with E-state index in [9.17, 15) is 4.79 Å². The molecule has 4 rings (SSSR count). The molecule has 4 heterocycles. The Hall–Kier alpha value is -1.92. The third-order valence-corrected chi connectivity index (χ3v) is 5.77. The fraction of sp³-hybridized carbons (Fsp3) is 0.474. The summed E-state index contributed by atoms with van der Waals surface area (Å²) in [7, 11) is 0. The van der Waals surface area contributed by atoms with E-state index in [1.54, 1.807) is 0 Å². The molecule has 3 aromatic rings. The minimum Gasteiger partial charge on any atom is -0.464 e. The number of H-pyrrole nitrogens is 1. The third-order valence-electron chi connectivity index (χ3n) is 4.96. The summed E-state index contributed by atoms with van der Waals surface area (Å²) in [4.78, 5) is 23.1. The normalized spacial score (nSPS) is 19.3. The summed E-state index contributed by atoms with van der Waals surface area (Å²) >= 11 is 1.52. The molecule has 0 radical (unpaired) electrons. The molecule has 0 spiro atoms. The van der Waals surface area contributed by atoms with Gasteiger partial charge in [0.05, 0.1) is 18.0 Å². The highest BCUT2D eigenvalue weighted by Gasteiger charge is 2.26. The second-order valence-electron chi connectivity index (χ2n) is 6.65. The van der Waals surface area contributed by atoms with Crippen molar-refractivity contribution in [2.24, 2.45) is 0 Å². The highest BCUT2D eigenvalue weighted by molar-refractivity contribution is 7.16. The standard InChI is InChI=1S/C19H23N3O2S/c1-2-13-7-8-16(24-13)15-6-4-3-5-10-22(15)12-17-20-18(23)14-9-11-25-19(14)21-17/h7-9,11,15H,2-6,10,12H2,1H3,(H,20,21,23). The number of furan rings is 1. The van der Waals surface area contributed by atoms with Crippen LogP contribution < -0.4 is 5.56 Å². The monoisotopic (exact) mass is 357 g/mol. The molecule has 1 atom stereocenters. The van der Waals surface area contributed by atoms with E-state index in [1.165, 1.54) is 30.6 Å². The highest BCUT2D eigenvalue weighted by Crippen LogP contribution is 2.32. The molecule has 6 heteroatoms. The van der Waals surface area contributed by atoms with Gasteiger partial charge >= 0.3 is 0 Å². The summed E-state index contributed by atoms with van der Waals surface area (Å²) in [5.74, 6) is 2.82. The van der Waals surface area contributed by atoms with Crippen molar-refractivity contribution in [1.29, 1.82) is 0 Å². The predicted molar refractivity (Wildman–Crippen MR) is 99.9 cm³/mol. The van der Waals surface area contributed by atoms with E-state index in [2.05, 4.69) is 33.9 Å². The minimum absolute atomic E-state index is 0.0427. The lowest BCUT2D eigenvalue weighted by atomic mass is 10.1. The third kappa shape index (κ3) is 3.41. The van der Waals surface area contributed by atoms with Gasteiger partial charge in [-0.05, 0) is 43.0 Å². The maximum Gasteiger partial charge on any atom is 0.259 e. The number of likely N-dealkylation sites (tertiary alicyclic amines) is 1. The van der Waals surface area contributed by atoms with Crippen LogP contribution in [0.2, 0.25) is 0 Å². The molecular weight excluding hydrogens is 334 g/mol. The van der Waals surface area contributed by atoms with Gasteiger partial charge in [-0.25, -0.2) is 4.98 Å².